The van der Waals surface area contributed by atoms with Gasteiger partial charge in [0.1, 0.15) is 5.75 Å². The molecule has 0 saturated heterocycles. The van der Waals surface area contributed by atoms with Gasteiger partial charge in [-0.2, -0.15) is 0 Å². The fourth-order valence-corrected chi connectivity index (χ4v) is 1.76. The van der Waals surface area contributed by atoms with Crippen molar-refractivity contribution in [2.45, 2.75) is 13.5 Å². The van der Waals surface area contributed by atoms with Gasteiger partial charge in [-0.15, -0.1) is 0 Å². The van der Waals surface area contributed by atoms with Crippen molar-refractivity contribution in [2.75, 3.05) is 13.7 Å². The number of carbonyl (C=O) groups is 1. The second kappa shape index (κ2) is 6.37. The molecule has 0 atom stereocenters. The molecule has 0 aliphatic carbocycles. The molecule has 0 bridgehead atoms. The molecular weight excluding hydrogens is 274 g/mol. The Balaban J connectivity index is 2.55. The minimum absolute atomic E-state index is 0.373. The summed E-state index contributed by atoms with van der Waals surface area (Å²) in [6, 6.07) is 5.62. The Kier molecular flexibility index (Phi) is 5.11. The quantitative estimate of drug-likeness (QED) is 0.926. The van der Waals surface area contributed by atoms with Crippen molar-refractivity contribution in [3.8, 4) is 5.75 Å². The topological polar surface area (TPSA) is 47.6 Å². The van der Waals surface area contributed by atoms with E-state index < -0.39 is 6.09 Å². The third kappa shape index (κ3) is 3.73. The maximum atomic E-state index is 11.1. The number of hydrogen-bond donors (Lipinski definition) is 1. The maximum Gasteiger partial charge on any atom is 0.407 e. The summed E-state index contributed by atoms with van der Waals surface area (Å²) in [5.74, 6) is 0.764. The summed E-state index contributed by atoms with van der Waals surface area (Å²) < 4.78 is 10.7. The molecule has 0 aliphatic heterocycles. The number of halogens is 1. The molecule has 4 nitrogen and oxygen atoms in total. The van der Waals surface area contributed by atoms with Gasteiger partial charge in [0.15, 0.2) is 0 Å². The van der Waals surface area contributed by atoms with E-state index in [2.05, 4.69) is 21.2 Å². The van der Waals surface area contributed by atoms with Crippen LogP contribution in [0, 0.1) is 0 Å². The number of benzene rings is 1. The first-order chi connectivity index (χ1) is 7.67. The molecule has 5 heteroatoms. The molecule has 88 valence electrons. The summed E-state index contributed by atoms with van der Waals surface area (Å²) in [7, 11) is 1.61. The van der Waals surface area contributed by atoms with E-state index in [0.717, 1.165) is 15.8 Å². The molecule has 0 spiro atoms. The Morgan fingerprint density at radius 1 is 1.50 bits per heavy atom. The lowest BCUT2D eigenvalue weighted by Gasteiger charge is -2.07. The third-order valence-corrected chi connectivity index (χ3v) is 2.55. The second-order valence-corrected chi connectivity index (χ2v) is 3.90. The van der Waals surface area contributed by atoms with Crippen LogP contribution < -0.4 is 10.1 Å². The highest BCUT2D eigenvalue weighted by atomic mass is 79.9. The maximum absolute atomic E-state index is 11.1. The predicted octanol–water partition coefficient (Wildman–Crippen LogP) is 2.70. The van der Waals surface area contributed by atoms with Crippen LogP contribution in [0.5, 0.6) is 5.75 Å². The summed E-state index contributed by atoms with van der Waals surface area (Å²) in [4.78, 5) is 11.1. The molecule has 1 amide bonds. The Morgan fingerprint density at radius 2 is 2.25 bits per heavy atom. The molecule has 0 unspecified atom stereocenters. The van der Waals surface area contributed by atoms with E-state index in [-0.39, 0.29) is 0 Å². The Bertz CT molecular complexity index is 368. The molecule has 16 heavy (non-hydrogen) atoms. The minimum atomic E-state index is -0.408. The number of alkyl carbamates (subject to hydrolysis) is 1. The van der Waals surface area contributed by atoms with Crippen molar-refractivity contribution >= 4 is 22.0 Å². The van der Waals surface area contributed by atoms with E-state index in [1.165, 1.54) is 0 Å². The van der Waals surface area contributed by atoms with Crippen molar-refractivity contribution in [3.05, 3.63) is 28.2 Å². The fourth-order valence-electron chi connectivity index (χ4n) is 1.18. The van der Waals surface area contributed by atoms with E-state index in [1.807, 2.05) is 18.2 Å². The van der Waals surface area contributed by atoms with Crippen LogP contribution in [0.3, 0.4) is 0 Å². The molecule has 0 heterocycles. The summed E-state index contributed by atoms with van der Waals surface area (Å²) in [5.41, 5.74) is 0.973. The molecule has 0 saturated carbocycles. The van der Waals surface area contributed by atoms with E-state index in [0.29, 0.717) is 13.2 Å². The van der Waals surface area contributed by atoms with Crippen LogP contribution in [0.2, 0.25) is 0 Å². The first kappa shape index (κ1) is 12.8. The van der Waals surface area contributed by atoms with Gasteiger partial charge >= 0.3 is 6.09 Å². The van der Waals surface area contributed by atoms with Crippen LogP contribution in [-0.4, -0.2) is 19.8 Å². The van der Waals surface area contributed by atoms with Crippen molar-refractivity contribution in [3.63, 3.8) is 0 Å². The molecule has 1 aromatic rings. The van der Waals surface area contributed by atoms with E-state index >= 15 is 0 Å². The molecule has 0 fully saturated rings. The zero-order valence-electron chi connectivity index (χ0n) is 9.25. The summed E-state index contributed by atoms with van der Waals surface area (Å²) in [6.07, 6.45) is -0.408. The Hall–Kier alpha value is -1.23. The standard InChI is InChI=1S/C11H14BrNO3/c1-3-16-11(14)13-7-8-4-5-10(15-2)9(12)6-8/h4-6H,3,7H2,1-2H3,(H,13,14). The fraction of sp³-hybridized carbons (Fsp3) is 0.364. The van der Waals surface area contributed by atoms with Gasteiger partial charge in [0.05, 0.1) is 18.2 Å². The number of ether oxygens (including phenoxy) is 2. The van der Waals surface area contributed by atoms with Crippen molar-refractivity contribution in [2.24, 2.45) is 0 Å². The number of nitrogens with one attached hydrogen (secondary N) is 1. The normalized spacial score (nSPS) is 9.69. The van der Waals surface area contributed by atoms with Gasteiger partial charge in [-0.3, -0.25) is 0 Å². The number of amides is 1. The molecule has 0 radical (unpaired) electrons. The third-order valence-electron chi connectivity index (χ3n) is 1.93. The lowest BCUT2D eigenvalue weighted by Crippen LogP contribution is -2.23. The monoisotopic (exact) mass is 287 g/mol. The van der Waals surface area contributed by atoms with Crippen LogP contribution >= 0.6 is 15.9 Å². The largest absolute Gasteiger partial charge is 0.496 e. The van der Waals surface area contributed by atoms with Gasteiger partial charge in [0.25, 0.3) is 0 Å². The smallest absolute Gasteiger partial charge is 0.407 e. The predicted molar refractivity (Wildman–Crippen MR) is 64.6 cm³/mol. The van der Waals surface area contributed by atoms with Gasteiger partial charge < -0.3 is 14.8 Å². The molecule has 0 aliphatic rings. The average molecular weight is 288 g/mol. The van der Waals surface area contributed by atoms with Crippen LogP contribution in [-0.2, 0) is 11.3 Å². The Morgan fingerprint density at radius 3 is 2.81 bits per heavy atom. The average Bonchev–Trinajstić information content (AvgIpc) is 2.27. The molecule has 1 N–H and O–H groups in total. The van der Waals surface area contributed by atoms with Crippen molar-refractivity contribution in [1.82, 2.24) is 5.32 Å². The van der Waals surface area contributed by atoms with Crippen molar-refractivity contribution < 1.29 is 14.3 Å². The van der Waals surface area contributed by atoms with Crippen LogP contribution in [0.4, 0.5) is 4.79 Å². The molecule has 1 rings (SSSR count). The lowest BCUT2D eigenvalue weighted by molar-refractivity contribution is 0.151. The first-order valence-electron chi connectivity index (χ1n) is 4.90. The van der Waals surface area contributed by atoms with Crippen LogP contribution in [0.1, 0.15) is 12.5 Å². The number of rotatable bonds is 4. The highest BCUT2D eigenvalue weighted by Gasteiger charge is 2.03. The second-order valence-electron chi connectivity index (χ2n) is 3.04. The Labute approximate surface area is 103 Å². The van der Waals surface area contributed by atoms with E-state index in [1.54, 1.807) is 14.0 Å². The van der Waals surface area contributed by atoms with Gasteiger partial charge in [-0.1, -0.05) is 6.07 Å². The number of carbonyl (C=O) groups excluding carboxylic acids is 1. The summed E-state index contributed by atoms with van der Waals surface area (Å²) in [6.45, 7) is 2.57. The van der Waals surface area contributed by atoms with Crippen LogP contribution in [0.25, 0.3) is 0 Å². The zero-order valence-corrected chi connectivity index (χ0v) is 10.8. The van der Waals surface area contributed by atoms with Crippen molar-refractivity contribution in [1.29, 1.82) is 0 Å². The van der Waals surface area contributed by atoms with Gasteiger partial charge in [-0.25, -0.2) is 4.79 Å². The summed E-state index contributed by atoms with van der Waals surface area (Å²) in [5, 5.41) is 2.64. The number of hydrogen-bond acceptors (Lipinski definition) is 3. The minimum Gasteiger partial charge on any atom is -0.496 e. The molecule has 0 aromatic heterocycles. The van der Waals surface area contributed by atoms with Gasteiger partial charge in [0.2, 0.25) is 0 Å². The van der Waals surface area contributed by atoms with Gasteiger partial charge in [0, 0.05) is 6.54 Å². The highest BCUT2D eigenvalue weighted by Crippen LogP contribution is 2.25. The molecular formula is C11H14BrNO3. The van der Waals surface area contributed by atoms with Crippen LogP contribution in [0.15, 0.2) is 22.7 Å². The molecule has 1 aromatic carbocycles. The highest BCUT2D eigenvalue weighted by molar-refractivity contribution is 9.10. The van der Waals surface area contributed by atoms with E-state index in [4.69, 9.17) is 9.47 Å². The van der Waals surface area contributed by atoms with Gasteiger partial charge in [-0.05, 0) is 40.5 Å². The lowest BCUT2D eigenvalue weighted by atomic mass is 10.2. The van der Waals surface area contributed by atoms with E-state index in [9.17, 15) is 4.79 Å². The summed E-state index contributed by atoms with van der Waals surface area (Å²) >= 11 is 3.38. The SMILES string of the molecule is CCOC(=O)NCc1ccc(OC)c(Br)c1. The number of methoxy groups -OCH3 is 1. The first-order valence-corrected chi connectivity index (χ1v) is 5.69. The zero-order chi connectivity index (χ0) is 12.0.